The number of aromatic nitrogens is 1. The Bertz CT molecular complexity index is 1460. The number of nitrogens with one attached hydrogen (secondary N) is 1. The van der Waals surface area contributed by atoms with E-state index in [2.05, 4.69) is 15.5 Å². The van der Waals surface area contributed by atoms with Gasteiger partial charge in [0.2, 0.25) is 0 Å². The zero-order valence-electron chi connectivity index (χ0n) is 19.9. The van der Waals surface area contributed by atoms with E-state index in [4.69, 9.17) is 10.6 Å². The Labute approximate surface area is 220 Å². The zero-order chi connectivity index (χ0) is 27.1. The van der Waals surface area contributed by atoms with Crippen LogP contribution in [0.25, 0.3) is 0 Å². The number of aliphatic carboxylic acids is 1. The van der Waals surface area contributed by atoms with Crippen molar-refractivity contribution in [2.45, 2.75) is 29.7 Å². The molecule has 12 nitrogen and oxygen atoms in total. The van der Waals surface area contributed by atoms with Gasteiger partial charge in [0.1, 0.15) is 29.9 Å². The van der Waals surface area contributed by atoms with Crippen molar-refractivity contribution in [1.82, 2.24) is 15.2 Å². The van der Waals surface area contributed by atoms with Crippen LogP contribution in [-0.4, -0.2) is 77.4 Å². The van der Waals surface area contributed by atoms with Gasteiger partial charge in [-0.05, 0) is 42.2 Å². The molecule has 37 heavy (non-hydrogen) atoms. The van der Waals surface area contributed by atoms with Crippen molar-refractivity contribution in [2.75, 3.05) is 24.9 Å². The van der Waals surface area contributed by atoms with Crippen molar-refractivity contribution in [3.63, 3.8) is 0 Å². The molecule has 4 rings (SSSR count). The number of nitrogen functional groups attached to an aromatic ring is 1. The third-order valence-corrected chi connectivity index (χ3v) is 8.97. The van der Waals surface area contributed by atoms with E-state index in [-0.39, 0.29) is 33.6 Å². The molecule has 196 valence electrons. The molecule has 15 heteroatoms. The Morgan fingerprint density at radius 2 is 2.11 bits per heavy atom. The minimum Gasteiger partial charge on any atom is -0.477 e. The van der Waals surface area contributed by atoms with Gasteiger partial charge < -0.3 is 21.0 Å². The number of benzene rings is 1. The molecule has 1 aromatic heterocycles. The van der Waals surface area contributed by atoms with Crippen LogP contribution < -0.4 is 11.1 Å². The number of thioether (sulfide) groups is 1. The van der Waals surface area contributed by atoms with Crippen molar-refractivity contribution in [1.29, 1.82) is 0 Å². The summed E-state index contributed by atoms with van der Waals surface area (Å²) in [5, 5.41) is 17.4. The van der Waals surface area contributed by atoms with Crippen molar-refractivity contribution in [3.05, 3.63) is 51.7 Å². The number of amides is 2. The number of nitrogens with two attached hydrogens (primary N) is 1. The minimum absolute atomic E-state index is 0.135. The molecule has 2 aliphatic heterocycles. The summed E-state index contributed by atoms with van der Waals surface area (Å²) in [7, 11) is -2.12. The summed E-state index contributed by atoms with van der Waals surface area (Å²) in [5.74, 6) is -2.24. The highest BCUT2D eigenvalue weighted by Crippen LogP contribution is 2.41. The van der Waals surface area contributed by atoms with E-state index in [0.29, 0.717) is 16.9 Å². The number of aryl methyl sites for hydroxylation is 1. The van der Waals surface area contributed by atoms with Gasteiger partial charge in [-0.1, -0.05) is 11.2 Å². The summed E-state index contributed by atoms with van der Waals surface area (Å²) < 4.78 is 23.7. The van der Waals surface area contributed by atoms with Gasteiger partial charge in [0.05, 0.1) is 4.90 Å². The summed E-state index contributed by atoms with van der Waals surface area (Å²) in [6.07, 6.45) is 1.35. The first kappa shape index (κ1) is 26.6. The van der Waals surface area contributed by atoms with Gasteiger partial charge in [-0.25, -0.2) is 18.2 Å². The molecule has 1 saturated heterocycles. The van der Waals surface area contributed by atoms with Crippen LogP contribution in [0.1, 0.15) is 16.8 Å². The van der Waals surface area contributed by atoms with Crippen LogP contribution in [0.3, 0.4) is 0 Å². The number of hydrogen-bond donors (Lipinski definition) is 3. The maximum atomic E-state index is 13.0. The molecule has 0 saturated carbocycles. The summed E-state index contributed by atoms with van der Waals surface area (Å²) >= 11 is 2.43. The van der Waals surface area contributed by atoms with Gasteiger partial charge in [-0.2, -0.15) is 0 Å². The number of carboxylic acid groups (broad SMARTS) is 1. The van der Waals surface area contributed by atoms with Gasteiger partial charge in [0.15, 0.2) is 20.7 Å². The number of thiazole rings is 1. The van der Waals surface area contributed by atoms with Crippen LogP contribution in [0, 0.1) is 6.92 Å². The lowest BCUT2D eigenvalue weighted by Crippen LogP contribution is -2.71. The second kappa shape index (κ2) is 10.1. The van der Waals surface area contributed by atoms with Gasteiger partial charge >= 0.3 is 5.97 Å². The van der Waals surface area contributed by atoms with Crippen LogP contribution in [0.5, 0.6) is 0 Å². The number of carbonyl (C=O) groups is 3. The molecule has 2 amide bonds. The molecular formula is C22H23N5O7S3. The Balaban J connectivity index is 1.55. The quantitative estimate of drug-likeness (QED) is 0.235. The van der Waals surface area contributed by atoms with E-state index in [9.17, 15) is 27.9 Å². The molecule has 0 aliphatic carbocycles. The molecule has 2 atom stereocenters. The lowest BCUT2D eigenvalue weighted by Gasteiger charge is -2.49. The number of anilines is 1. The first-order valence-electron chi connectivity index (χ1n) is 10.7. The van der Waals surface area contributed by atoms with Crippen LogP contribution >= 0.6 is 23.1 Å². The predicted octanol–water partition coefficient (Wildman–Crippen LogP) is 0.769. The van der Waals surface area contributed by atoms with Gasteiger partial charge in [-0.15, -0.1) is 23.1 Å². The molecule has 0 spiro atoms. The van der Waals surface area contributed by atoms with E-state index >= 15 is 0 Å². The predicted molar refractivity (Wildman–Crippen MR) is 138 cm³/mol. The topological polar surface area (TPSA) is 181 Å². The number of β-lactam (4-membered cyclic amide) rings is 1. The smallest absolute Gasteiger partial charge is 0.352 e. The standard InChI is InChI=1S/C22H23N5O7S3/c1-10-6-13(37(3,32)33)5-4-11(10)7-12-8-35-20-16(19(29)27(20)17(12)21(30)31)25-18(28)15(26-34-2)14-9-36-22(23)24-14/h4-6,9,16,20H,7-8H2,1-3H3,(H2,23,24)(H,25,28)(H,30,31)/b26-15+/t16-,20-/m1/s1. The van der Waals surface area contributed by atoms with Crippen molar-refractivity contribution >= 4 is 61.6 Å². The SMILES string of the molecule is CO/N=C(/C(=O)N[C@@H]1C(=O)N2C(C(=O)O)=C(Cc3ccc(S(C)(=O)=O)cc3C)CS[C@H]12)c1csc(N)n1. The van der Waals surface area contributed by atoms with Crippen LogP contribution in [0.2, 0.25) is 0 Å². The Kier molecular flexibility index (Phi) is 7.30. The lowest BCUT2D eigenvalue weighted by atomic mass is 9.97. The zero-order valence-corrected chi connectivity index (χ0v) is 22.4. The fraction of sp³-hybridized carbons (Fsp3) is 0.318. The Hall–Kier alpha value is -3.43. The average molecular weight is 566 g/mol. The van der Waals surface area contributed by atoms with E-state index in [1.807, 2.05) is 0 Å². The summed E-state index contributed by atoms with van der Waals surface area (Å²) in [4.78, 5) is 48.2. The summed E-state index contributed by atoms with van der Waals surface area (Å²) in [6.45, 7) is 1.75. The number of rotatable bonds is 8. The summed E-state index contributed by atoms with van der Waals surface area (Å²) in [6, 6.07) is 3.70. The maximum Gasteiger partial charge on any atom is 0.352 e. The second-order valence-electron chi connectivity index (χ2n) is 8.35. The fourth-order valence-corrected chi connectivity index (χ4v) is 6.65. The summed E-state index contributed by atoms with van der Waals surface area (Å²) in [5.41, 5.74) is 7.49. The fourth-order valence-electron chi connectivity index (χ4n) is 4.05. The van der Waals surface area contributed by atoms with E-state index in [0.717, 1.165) is 23.2 Å². The number of fused-ring (bicyclic) bond motifs is 1. The number of carbonyl (C=O) groups excluding carboxylic acids is 2. The van der Waals surface area contributed by atoms with Crippen LogP contribution in [-0.2, 0) is 35.5 Å². The molecule has 0 radical (unpaired) electrons. The molecule has 2 aromatic rings. The second-order valence-corrected chi connectivity index (χ2v) is 12.4. The van der Waals surface area contributed by atoms with Gasteiger partial charge in [-0.3, -0.25) is 14.5 Å². The normalized spacial score (nSPS) is 19.8. The largest absolute Gasteiger partial charge is 0.477 e. The Morgan fingerprint density at radius 1 is 1.38 bits per heavy atom. The first-order valence-corrected chi connectivity index (χ1v) is 14.6. The Morgan fingerprint density at radius 3 is 2.68 bits per heavy atom. The van der Waals surface area contributed by atoms with E-state index in [1.165, 1.54) is 35.2 Å². The van der Waals surface area contributed by atoms with Crippen molar-refractivity contribution in [3.8, 4) is 0 Å². The molecule has 4 N–H and O–H groups in total. The molecule has 2 aliphatic rings. The van der Waals surface area contributed by atoms with Crippen molar-refractivity contribution in [2.24, 2.45) is 5.16 Å². The first-order chi connectivity index (χ1) is 17.4. The third-order valence-electron chi connectivity index (χ3n) is 5.84. The number of nitrogens with zero attached hydrogens (tertiary/aromatic N) is 3. The monoisotopic (exact) mass is 565 g/mol. The molecule has 1 aromatic carbocycles. The third kappa shape index (κ3) is 5.19. The molecule has 3 heterocycles. The highest BCUT2D eigenvalue weighted by Gasteiger charge is 2.54. The van der Waals surface area contributed by atoms with Crippen LogP contribution in [0.4, 0.5) is 5.13 Å². The van der Waals surface area contributed by atoms with Gasteiger partial charge in [0.25, 0.3) is 11.8 Å². The molecule has 0 unspecified atom stereocenters. The van der Waals surface area contributed by atoms with Crippen LogP contribution in [0.15, 0.2) is 44.9 Å². The number of oxime groups is 1. The molecule has 0 bridgehead atoms. The van der Waals surface area contributed by atoms with E-state index in [1.54, 1.807) is 19.1 Å². The number of carboxylic acids is 1. The van der Waals surface area contributed by atoms with Crippen molar-refractivity contribution < 1.29 is 32.7 Å². The lowest BCUT2D eigenvalue weighted by molar-refractivity contribution is -0.150. The highest BCUT2D eigenvalue weighted by molar-refractivity contribution is 8.00. The minimum atomic E-state index is -3.38. The maximum absolute atomic E-state index is 13.0. The average Bonchev–Trinajstić information content (AvgIpc) is 3.26. The van der Waals surface area contributed by atoms with Gasteiger partial charge in [0, 0.05) is 17.4 Å². The molecule has 1 fully saturated rings. The number of sulfone groups is 1. The highest BCUT2D eigenvalue weighted by atomic mass is 32.2. The number of hydrogen-bond acceptors (Lipinski definition) is 11. The molecular weight excluding hydrogens is 542 g/mol. The van der Waals surface area contributed by atoms with E-state index < -0.39 is 39.0 Å².